The minimum atomic E-state index is 0.0588. The lowest BCUT2D eigenvalue weighted by atomic mass is 9.97. The van der Waals surface area contributed by atoms with Crippen molar-refractivity contribution in [1.29, 1.82) is 0 Å². The average Bonchev–Trinajstić information content (AvgIpc) is 3.48. The van der Waals surface area contributed by atoms with Crippen LogP contribution >= 0.6 is 0 Å². The van der Waals surface area contributed by atoms with Gasteiger partial charge in [0.1, 0.15) is 11.6 Å². The highest BCUT2D eigenvalue weighted by molar-refractivity contribution is 5.92. The lowest BCUT2D eigenvalue weighted by Crippen LogP contribution is -2.21. The zero-order chi connectivity index (χ0) is 24.0. The van der Waals surface area contributed by atoms with Gasteiger partial charge in [-0.3, -0.25) is 4.79 Å². The van der Waals surface area contributed by atoms with E-state index in [1.165, 1.54) is 24.8 Å². The predicted octanol–water partition coefficient (Wildman–Crippen LogP) is 5.66. The number of rotatable bonds is 13. The maximum atomic E-state index is 13.1. The Balaban J connectivity index is 1.76. The van der Waals surface area contributed by atoms with Gasteiger partial charge in [0.15, 0.2) is 0 Å². The summed E-state index contributed by atoms with van der Waals surface area (Å²) in [6.07, 6.45) is 8.13. The molecule has 0 aliphatic heterocycles. The summed E-state index contributed by atoms with van der Waals surface area (Å²) in [4.78, 5) is 15.3. The van der Waals surface area contributed by atoms with E-state index in [-0.39, 0.29) is 11.8 Å². The molecule has 0 bridgehead atoms. The van der Waals surface area contributed by atoms with Crippen molar-refractivity contribution in [3.8, 4) is 0 Å². The Morgan fingerprint density at radius 1 is 1.15 bits per heavy atom. The Kier molecular flexibility index (Phi) is 9.07. The van der Waals surface area contributed by atoms with Gasteiger partial charge < -0.3 is 14.8 Å². The molecule has 1 aliphatic carbocycles. The lowest BCUT2D eigenvalue weighted by Gasteiger charge is -2.20. The summed E-state index contributed by atoms with van der Waals surface area (Å²) in [6.45, 7) is 9.67. The van der Waals surface area contributed by atoms with Crippen LogP contribution in [0.5, 0.6) is 0 Å². The monoisotopic (exact) mass is 453 g/mol. The first kappa shape index (κ1) is 25.4. The molecular weight excluding hydrogens is 410 g/mol. The SMILES string of the molecule is Cc1ccc(NC(=O)CC(CCCN(C)C)c2nnc(CCCC(C)C)n2C2CC2)c(C)c1. The quantitative estimate of drug-likeness (QED) is 0.425. The zero-order valence-corrected chi connectivity index (χ0v) is 21.5. The van der Waals surface area contributed by atoms with E-state index < -0.39 is 0 Å². The fourth-order valence-corrected chi connectivity index (χ4v) is 4.54. The first-order valence-electron chi connectivity index (χ1n) is 12.7. The van der Waals surface area contributed by atoms with Gasteiger partial charge >= 0.3 is 0 Å². The maximum absolute atomic E-state index is 13.1. The first-order valence-corrected chi connectivity index (χ1v) is 12.7. The second-order valence-corrected chi connectivity index (χ2v) is 10.6. The van der Waals surface area contributed by atoms with E-state index in [0.29, 0.717) is 18.4 Å². The molecular formula is C27H43N5O. The summed E-state index contributed by atoms with van der Waals surface area (Å²) in [7, 11) is 4.20. The lowest BCUT2D eigenvalue weighted by molar-refractivity contribution is -0.116. The molecule has 0 saturated heterocycles. The van der Waals surface area contributed by atoms with Gasteiger partial charge in [-0.2, -0.15) is 0 Å². The van der Waals surface area contributed by atoms with Crippen molar-refractivity contribution in [2.45, 2.75) is 91.0 Å². The van der Waals surface area contributed by atoms with Gasteiger partial charge in [-0.15, -0.1) is 10.2 Å². The fourth-order valence-electron chi connectivity index (χ4n) is 4.54. The molecule has 1 aliphatic rings. The summed E-state index contributed by atoms with van der Waals surface area (Å²) in [6, 6.07) is 6.67. The Morgan fingerprint density at radius 2 is 1.91 bits per heavy atom. The number of amides is 1. The van der Waals surface area contributed by atoms with E-state index in [1.807, 2.05) is 19.1 Å². The smallest absolute Gasteiger partial charge is 0.225 e. The zero-order valence-electron chi connectivity index (χ0n) is 21.5. The van der Waals surface area contributed by atoms with Crippen molar-refractivity contribution in [1.82, 2.24) is 19.7 Å². The van der Waals surface area contributed by atoms with Crippen LogP contribution in [0.4, 0.5) is 5.69 Å². The molecule has 3 rings (SSSR count). The van der Waals surface area contributed by atoms with Crippen molar-refractivity contribution < 1.29 is 4.79 Å². The normalized spacial score (nSPS) is 14.8. The molecule has 1 amide bonds. The second-order valence-electron chi connectivity index (χ2n) is 10.6. The van der Waals surface area contributed by atoms with Crippen LogP contribution in [0.25, 0.3) is 0 Å². The molecule has 1 aromatic heterocycles. The van der Waals surface area contributed by atoms with E-state index in [1.54, 1.807) is 0 Å². The third kappa shape index (κ3) is 7.66. The van der Waals surface area contributed by atoms with Crippen molar-refractivity contribution in [2.24, 2.45) is 5.92 Å². The Bertz CT molecular complexity index is 913. The number of benzene rings is 1. The van der Waals surface area contributed by atoms with Crippen molar-refractivity contribution in [3.63, 3.8) is 0 Å². The molecule has 2 aromatic rings. The van der Waals surface area contributed by atoms with Crippen LogP contribution in [0.1, 0.15) is 93.5 Å². The average molecular weight is 454 g/mol. The van der Waals surface area contributed by atoms with Gasteiger partial charge in [0.05, 0.1) is 0 Å². The third-order valence-corrected chi connectivity index (χ3v) is 6.50. The number of anilines is 1. The summed E-state index contributed by atoms with van der Waals surface area (Å²) in [5, 5.41) is 12.5. The van der Waals surface area contributed by atoms with Crippen molar-refractivity contribution in [3.05, 3.63) is 41.0 Å². The van der Waals surface area contributed by atoms with Gasteiger partial charge in [0.25, 0.3) is 0 Å². The topological polar surface area (TPSA) is 63.1 Å². The summed E-state index contributed by atoms with van der Waals surface area (Å²) in [5.74, 6) is 2.98. The number of carbonyl (C=O) groups excluding carboxylic acids is 1. The van der Waals surface area contributed by atoms with E-state index in [0.717, 1.165) is 55.1 Å². The number of nitrogens with zero attached hydrogens (tertiary/aromatic N) is 4. The number of hydrogen-bond donors (Lipinski definition) is 1. The number of aromatic nitrogens is 3. The predicted molar refractivity (Wildman–Crippen MR) is 136 cm³/mol. The second kappa shape index (κ2) is 11.8. The Morgan fingerprint density at radius 3 is 2.55 bits per heavy atom. The van der Waals surface area contributed by atoms with Crippen LogP contribution in [0.15, 0.2) is 18.2 Å². The number of aryl methyl sites for hydroxylation is 3. The third-order valence-electron chi connectivity index (χ3n) is 6.50. The molecule has 6 heteroatoms. The standard InChI is InChI=1S/C27H43N5O/c1-19(2)9-7-11-25-29-30-27(32(25)23-13-14-23)22(10-8-16-31(5)6)18-26(33)28-24-15-12-20(3)17-21(24)4/h12,15,17,19,22-23H,7-11,13-14,16,18H2,1-6H3,(H,28,33). The van der Waals surface area contributed by atoms with Crippen LogP contribution in [0.2, 0.25) is 0 Å². The Hall–Kier alpha value is -2.21. The van der Waals surface area contributed by atoms with Gasteiger partial charge in [0.2, 0.25) is 5.91 Å². The highest BCUT2D eigenvalue weighted by Crippen LogP contribution is 2.39. The van der Waals surface area contributed by atoms with E-state index in [9.17, 15) is 4.79 Å². The molecule has 1 unspecified atom stereocenters. The van der Waals surface area contributed by atoms with Gasteiger partial charge in [-0.25, -0.2) is 0 Å². The minimum absolute atomic E-state index is 0.0588. The van der Waals surface area contributed by atoms with Crippen LogP contribution in [0, 0.1) is 19.8 Å². The summed E-state index contributed by atoms with van der Waals surface area (Å²) in [5.41, 5.74) is 3.20. The van der Waals surface area contributed by atoms with Crippen LogP contribution in [0.3, 0.4) is 0 Å². The van der Waals surface area contributed by atoms with Gasteiger partial charge in [-0.1, -0.05) is 38.0 Å². The van der Waals surface area contributed by atoms with Gasteiger partial charge in [-0.05, 0) is 84.1 Å². The summed E-state index contributed by atoms with van der Waals surface area (Å²) >= 11 is 0. The first-order chi connectivity index (χ1) is 15.7. The molecule has 1 aromatic carbocycles. The largest absolute Gasteiger partial charge is 0.326 e. The van der Waals surface area contributed by atoms with E-state index >= 15 is 0 Å². The highest BCUT2D eigenvalue weighted by Gasteiger charge is 2.32. The van der Waals surface area contributed by atoms with Crippen LogP contribution in [-0.4, -0.2) is 46.2 Å². The van der Waals surface area contributed by atoms with E-state index in [2.05, 4.69) is 65.9 Å². The number of nitrogens with one attached hydrogen (secondary N) is 1. The van der Waals surface area contributed by atoms with Crippen LogP contribution < -0.4 is 5.32 Å². The maximum Gasteiger partial charge on any atom is 0.225 e. The molecule has 0 radical (unpaired) electrons. The molecule has 33 heavy (non-hydrogen) atoms. The highest BCUT2D eigenvalue weighted by atomic mass is 16.1. The molecule has 1 saturated carbocycles. The number of carbonyl (C=O) groups is 1. The molecule has 0 spiro atoms. The molecule has 1 atom stereocenters. The van der Waals surface area contributed by atoms with Gasteiger partial charge in [0, 0.05) is 30.5 Å². The molecule has 1 heterocycles. The fraction of sp³-hybridized carbons (Fsp3) is 0.667. The molecule has 1 fully saturated rings. The van der Waals surface area contributed by atoms with Crippen molar-refractivity contribution >= 4 is 11.6 Å². The van der Waals surface area contributed by atoms with Crippen molar-refractivity contribution in [2.75, 3.05) is 26.0 Å². The number of hydrogen-bond acceptors (Lipinski definition) is 4. The molecule has 182 valence electrons. The van der Waals surface area contributed by atoms with Crippen LogP contribution in [-0.2, 0) is 11.2 Å². The minimum Gasteiger partial charge on any atom is -0.326 e. The Labute approximate surface area is 200 Å². The molecule has 1 N–H and O–H groups in total. The summed E-state index contributed by atoms with van der Waals surface area (Å²) < 4.78 is 2.39. The molecule has 6 nitrogen and oxygen atoms in total. The van der Waals surface area contributed by atoms with E-state index in [4.69, 9.17) is 0 Å².